The predicted molar refractivity (Wildman–Crippen MR) is 106 cm³/mol. The Morgan fingerprint density at radius 1 is 1.10 bits per heavy atom. The van der Waals surface area contributed by atoms with E-state index >= 15 is 0 Å². The van der Waals surface area contributed by atoms with E-state index in [9.17, 15) is 28.7 Å². The smallest absolute Gasteiger partial charge is 0.231 e. The molecule has 4 aliphatic rings. The Labute approximate surface area is 178 Å². The van der Waals surface area contributed by atoms with Crippen LogP contribution in [0.15, 0.2) is 51.6 Å². The topological polar surface area (TPSA) is 101 Å². The molecule has 6 nitrogen and oxygen atoms in total. The number of para-hydroxylation sites is 1. The number of hydrogen-bond donors (Lipinski definition) is 2. The highest BCUT2D eigenvalue weighted by Gasteiger charge is 2.53. The number of ketones is 2. The molecule has 2 amide bonds. The minimum absolute atomic E-state index is 0.111. The number of imide groups is 1. The highest BCUT2D eigenvalue weighted by molar-refractivity contribution is 9.12. The summed E-state index contributed by atoms with van der Waals surface area (Å²) in [5.74, 6) is -5.56. The molecule has 2 N–H and O–H groups in total. The van der Waals surface area contributed by atoms with Crippen molar-refractivity contribution in [3.8, 4) is 5.75 Å². The molecular formula is C22H15BrFNO5. The van der Waals surface area contributed by atoms with Gasteiger partial charge in [0.15, 0.2) is 23.1 Å². The predicted octanol–water partition coefficient (Wildman–Crippen LogP) is 2.58. The second-order valence-corrected chi connectivity index (χ2v) is 8.78. The average Bonchev–Trinajstić information content (AvgIpc) is 3.01. The van der Waals surface area contributed by atoms with Gasteiger partial charge in [0.1, 0.15) is 0 Å². The number of allylic oxidation sites excluding steroid dienone is 6. The highest BCUT2D eigenvalue weighted by Crippen LogP contribution is 2.55. The summed E-state index contributed by atoms with van der Waals surface area (Å²) >= 11 is 3.12. The number of halogens is 2. The number of fused-ring (bicyclic) bond motifs is 3. The zero-order chi connectivity index (χ0) is 21.3. The van der Waals surface area contributed by atoms with Crippen LogP contribution in [0.4, 0.5) is 4.39 Å². The van der Waals surface area contributed by atoms with Gasteiger partial charge in [-0.15, -0.1) is 0 Å². The molecule has 30 heavy (non-hydrogen) atoms. The molecule has 4 unspecified atom stereocenters. The van der Waals surface area contributed by atoms with E-state index < -0.39 is 46.9 Å². The standard InChI is InChI=1S/C22H15BrFNO5/c23-13-7-15(26)18-12(19(13)27)6-11-8(4-5-10-17(11)22(30)25-21(10)29)16(18)9-2-1-3-14(24)20(9)28/h1-4,7,10-11,16-17,28H,5-6H2,(H,25,29,30). The Balaban J connectivity index is 1.75. The summed E-state index contributed by atoms with van der Waals surface area (Å²) in [7, 11) is 0. The lowest BCUT2D eigenvalue weighted by Gasteiger charge is -2.42. The van der Waals surface area contributed by atoms with Crippen molar-refractivity contribution in [1.29, 1.82) is 0 Å². The fourth-order valence-corrected chi connectivity index (χ4v) is 5.69. The third kappa shape index (κ3) is 2.52. The zero-order valence-corrected chi connectivity index (χ0v) is 17.0. The first-order valence-corrected chi connectivity index (χ1v) is 10.3. The molecule has 0 radical (unpaired) electrons. The molecule has 1 aromatic carbocycles. The summed E-state index contributed by atoms with van der Waals surface area (Å²) in [5, 5.41) is 12.8. The second-order valence-electron chi connectivity index (χ2n) is 7.92. The highest BCUT2D eigenvalue weighted by atomic mass is 79.9. The van der Waals surface area contributed by atoms with Crippen LogP contribution < -0.4 is 5.32 Å². The van der Waals surface area contributed by atoms with Gasteiger partial charge in [-0.3, -0.25) is 24.5 Å². The molecule has 1 heterocycles. The maximum atomic E-state index is 14.2. The number of rotatable bonds is 1. The van der Waals surface area contributed by atoms with Gasteiger partial charge in [0, 0.05) is 28.7 Å². The van der Waals surface area contributed by atoms with Crippen LogP contribution in [-0.4, -0.2) is 28.5 Å². The molecule has 152 valence electrons. The van der Waals surface area contributed by atoms with Crippen molar-refractivity contribution in [2.75, 3.05) is 0 Å². The van der Waals surface area contributed by atoms with Crippen molar-refractivity contribution in [2.24, 2.45) is 17.8 Å². The Bertz CT molecular complexity index is 1160. The monoisotopic (exact) mass is 471 g/mol. The van der Waals surface area contributed by atoms with Crippen LogP contribution in [0.3, 0.4) is 0 Å². The Kier molecular flexibility index (Phi) is 4.18. The molecule has 1 saturated heterocycles. The van der Waals surface area contributed by atoms with Gasteiger partial charge in [0.05, 0.1) is 16.3 Å². The summed E-state index contributed by atoms with van der Waals surface area (Å²) in [6.45, 7) is 0. The van der Waals surface area contributed by atoms with E-state index in [1.807, 2.05) is 0 Å². The lowest BCUT2D eigenvalue weighted by atomic mass is 9.59. The molecule has 8 heteroatoms. The molecule has 1 fully saturated rings. The summed E-state index contributed by atoms with van der Waals surface area (Å²) in [5.41, 5.74) is 1.25. The summed E-state index contributed by atoms with van der Waals surface area (Å²) in [6.07, 6.45) is 3.41. The third-order valence-corrected chi connectivity index (χ3v) is 7.09. The number of Topliss-reactive ketones (excluding diaryl/α,β-unsaturated/α-hetero) is 1. The van der Waals surface area contributed by atoms with Crippen molar-refractivity contribution in [3.63, 3.8) is 0 Å². The molecule has 0 bridgehead atoms. The van der Waals surface area contributed by atoms with Gasteiger partial charge >= 0.3 is 0 Å². The Hall–Kier alpha value is -2.87. The number of benzene rings is 1. The quantitative estimate of drug-likeness (QED) is 0.372. The van der Waals surface area contributed by atoms with Crippen molar-refractivity contribution >= 4 is 39.3 Å². The SMILES string of the molecule is O=C1C=C(Br)C(=O)C2=C1C(c1cccc(F)c1O)C1=CCC3C(=O)NC(=O)C3C1C2. The maximum absolute atomic E-state index is 14.2. The lowest BCUT2D eigenvalue weighted by Crippen LogP contribution is -2.39. The van der Waals surface area contributed by atoms with Crippen LogP contribution in [0.1, 0.15) is 24.3 Å². The van der Waals surface area contributed by atoms with Gasteiger partial charge in [-0.25, -0.2) is 4.39 Å². The van der Waals surface area contributed by atoms with Crippen LogP contribution in [0, 0.1) is 23.6 Å². The first-order valence-electron chi connectivity index (χ1n) is 9.51. The first kappa shape index (κ1) is 19.1. The van der Waals surface area contributed by atoms with E-state index in [1.165, 1.54) is 18.2 Å². The van der Waals surface area contributed by atoms with Crippen LogP contribution in [0.2, 0.25) is 0 Å². The number of nitrogens with one attached hydrogen (secondary N) is 1. The van der Waals surface area contributed by atoms with Crippen LogP contribution >= 0.6 is 15.9 Å². The number of phenolic OH excluding ortho intramolecular Hbond substituents is 1. The van der Waals surface area contributed by atoms with Crippen molar-refractivity contribution in [3.05, 3.63) is 62.9 Å². The van der Waals surface area contributed by atoms with Gasteiger partial charge in [-0.2, -0.15) is 0 Å². The second kappa shape index (κ2) is 6.57. The van der Waals surface area contributed by atoms with Crippen molar-refractivity contribution in [2.45, 2.75) is 18.8 Å². The van der Waals surface area contributed by atoms with E-state index in [1.54, 1.807) is 6.08 Å². The number of hydrogen-bond acceptors (Lipinski definition) is 5. The van der Waals surface area contributed by atoms with Gasteiger partial charge in [-0.1, -0.05) is 23.8 Å². The molecular weight excluding hydrogens is 457 g/mol. The lowest BCUT2D eigenvalue weighted by molar-refractivity contribution is -0.126. The van der Waals surface area contributed by atoms with Gasteiger partial charge in [0.25, 0.3) is 0 Å². The molecule has 5 rings (SSSR count). The minimum Gasteiger partial charge on any atom is -0.505 e. The Morgan fingerprint density at radius 3 is 2.63 bits per heavy atom. The van der Waals surface area contributed by atoms with Gasteiger partial charge in [0.2, 0.25) is 11.8 Å². The van der Waals surface area contributed by atoms with Crippen LogP contribution in [0.5, 0.6) is 5.75 Å². The molecule has 1 aromatic rings. The summed E-state index contributed by atoms with van der Waals surface area (Å²) in [4.78, 5) is 50.6. The molecule has 4 atom stereocenters. The number of aromatic hydroxyl groups is 1. The molecule has 0 aromatic heterocycles. The van der Waals surface area contributed by atoms with Crippen LogP contribution in [0.25, 0.3) is 0 Å². The van der Waals surface area contributed by atoms with E-state index in [4.69, 9.17) is 0 Å². The number of carbonyl (C=O) groups is 4. The van der Waals surface area contributed by atoms with Crippen molar-refractivity contribution < 1.29 is 28.7 Å². The maximum Gasteiger partial charge on any atom is 0.231 e. The molecule has 0 spiro atoms. The largest absolute Gasteiger partial charge is 0.505 e. The summed E-state index contributed by atoms with van der Waals surface area (Å²) < 4.78 is 14.3. The molecule has 0 saturated carbocycles. The van der Waals surface area contributed by atoms with E-state index in [0.29, 0.717) is 12.0 Å². The normalized spacial score (nSPS) is 30.3. The molecule has 3 aliphatic carbocycles. The first-order chi connectivity index (χ1) is 14.3. The third-order valence-electron chi connectivity index (χ3n) is 6.50. The minimum atomic E-state index is -0.868. The number of amides is 2. The number of phenols is 1. The van der Waals surface area contributed by atoms with Crippen LogP contribution in [-0.2, 0) is 19.2 Å². The van der Waals surface area contributed by atoms with Gasteiger partial charge < -0.3 is 5.11 Å². The van der Waals surface area contributed by atoms with Crippen molar-refractivity contribution in [1.82, 2.24) is 5.32 Å². The van der Waals surface area contributed by atoms with E-state index in [-0.39, 0.29) is 39.3 Å². The molecule has 1 aliphatic heterocycles. The van der Waals surface area contributed by atoms with E-state index in [0.717, 1.165) is 6.07 Å². The fraction of sp³-hybridized carbons (Fsp3) is 0.273. The van der Waals surface area contributed by atoms with Gasteiger partial charge in [-0.05, 0) is 40.8 Å². The average molecular weight is 472 g/mol. The van der Waals surface area contributed by atoms with E-state index in [2.05, 4.69) is 21.2 Å². The zero-order valence-electron chi connectivity index (χ0n) is 15.4. The fourth-order valence-electron chi connectivity index (χ4n) is 5.24. The summed E-state index contributed by atoms with van der Waals surface area (Å²) in [6, 6.07) is 4.04. The Morgan fingerprint density at radius 2 is 1.87 bits per heavy atom. The number of carbonyl (C=O) groups excluding carboxylic acids is 4.